The molecule has 0 radical (unpaired) electrons. The number of alkyl halides is 3. The molecule has 10 heteroatoms. The second-order valence-corrected chi connectivity index (χ2v) is 6.62. The van der Waals surface area contributed by atoms with Crippen molar-refractivity contribution in [3.05, 3.63) is 41.7 Å². The summed E-state index contributed by atoms with van der Waals surface area (Å²) in [5.41, 5.74) is 0.923. The molecule has 3 rings (SSSR count). The molecule has 2 aromatic rings. The summed E-state index contributed by atoms with van der Waals surface area (Å²) in [4.78, 5) is 25.7. The van der Waals surface area contributed by atoms with E-state index in [1.54, 1.807) is 6.92 Å². The van der Waals surface area contributed by atoms with E-state index in [-0.39, 0.29) is 11.3 Å². The van der Waals surface area contributed by atoms with Gasteiger partial charge in [0.25, 0.3) is 5.91 Å². The zero-order valence-corrected chi connectivity index (χ0v) is 16.2. The molecule has 1 saturated heterocycles. The Morgan fingerprint density at radius 2 is 1.97 bits per heavy atom. The van der Waals surface area contributed by atoms with Crippen LogP contribution >= 0.6 is 0 Å². The van der Waals surface area contributed by atoms with Gasteiger partial charge in [-0.05, 0) is 25.6 Å². The summed E-state index contributed by atoms with van der Waals surface area (Å²) >= 11 is 0. The number of hydrogen-bond donors (Lipinski definition) is 1. The number of ether oxygens (including phenoxy) is 1. The first-order valence-electron chi connectivity index (χ1n) is 9.23. The highest BCUT2D eigenvalue weighted by atomic mass is 19.4. The van der Waals surface area contributed by atoms with Crippen molar-refractivity contribution in [1.29, 1.82) is 0 Å². The van der Waals surface area contributed by atoms with Gasteiger partial charge in [0.1, 0.15) is 5.75 Å². The van der Waals surface area contributed by atoms with Gasteiger partial charge in [-0.15, -0.1) is 13.2 Å². The molecule has 0 saturated carbocycles. The molecule has 29 heavy (non-hydrogen) atoms. The van der Waals surface area contributed by atoms with Crippen molar-refractivity contribution >= 4 is 17.5 Å². The largest absolute Gasteiger partial charge is 0.573 e. The number of likely N-dealkylation sites (N-methyl/N-ethyl adjacent to an activating group) is 1. The van der Waals surface area contributed by atoms with Gasteiger partial charge in [-0.2, -0.15) is 0 Å². The van der Waals surface area contributed by atoms with Crippen molar-refractivity contribution in [1.82, 2.24) is 14.9 Å². The third-order valence-corrected chi connectivity index (χ3v) is 4.64. The second-order valence-electron chi connectivity index (χ2n) is 6.62. The zero-order valence-electron chi connectivity index (χ0n) is 16.2. The van der Waals surface area contributed by atoms with E-state index in [0.717, 1.165) is 44.9 Å². The average Bonchev–Trinajstić information content (AvgIpc) is 2.67. The first-order valence-corrected chi connectivity index (χ1v) is 9.23. The fraction of sp³-hybridized carbons (Fsp3) is 0.421. The van der Waals surface area contributed by atoms with E-state index >= 15 is 0 Å². The summed E-state index contributed by atoms with van der Waals surface area (Å²) < 4.78 is 40.9. The quantitative estimate of drug-likeness (QED) is 0.819. The molecule has 1 aromatic heterocycles. The van der Waals surface area contributed by atoms with Crippen LogP contribution in [0.1, 0.15) is 23.0 Å². The number of aryl methyl sites for hydroxylation is 1. The molecule has 0 bridgehead atoms. The Labute approximate surface area is 166 Å². The van der Waals surface area contributed by atoms with E-state index in [4.69, 9.17) is 0 Å². The van der Waals surface area contributed by atoms with Crippen LogP contribution in [0, 0.1) is 6.92 Å². The van der Waals surface area contributed by atoms with Gasteiger partial charge in [0.2, 0.25) is 5.95 Å². The van der Waals surface area contributed by atoms with Gasteiger partial charge in [-0.3, -0.25) is 4.79 Å². The van der Waals surface area contributed by atoms with E-state index in [9.17, 15) is 18.0 Å². The number of nitrogens with one attached hydrogen (secondary N) is 1. The van der Waals surface area contributed by atoms with Gasteiger partial charge in [0.15, 0.2) is 0 Å². The smallest absolute Gasteiger partial charge is 0.406 e. The van der Waals surface area contributed by atoms with Crippen LogP contribution in [-0.4, -0.2) is 59.9 Å². The maximum atomic E-state index is 12.5. The van der Waals surface area contributed by atoms with Crippen LogP contribution in [-0.2, 0) is 0 Å². The first kappa shape index (κ1) is 20.8. The molecule has 1 fully saturated rings. The molecule has 0 atom stereocenters. The van der Waals surface area contributed by atoms with Gasteiger partial charge in [0, 0.05) is 44.1 Å². The molecule has 0 spiro atoms. The standard InChI is InChI=1S/C19H22F3N5O2/c1-3-26-7-9-27(10-8-26)18-23-12-16(13(2)24-18)17(28)25-14-5-4-6-15(11-14)29-19(20,21)22/h4-6,11-12H,3,7-10H2,1-2H3,(H,25,28). The highest BCUT2D eigenvalue weighted by molar-refractivity contribution is 6.04. The van der Waals surface area contributed by atoms with Crippen LogP contribution in [0.5, 0.6) is 5.75 Å². The Bertz CT molecular complexity index is 867. The van der Waals surface area contributed by atoms with Gasteiger partial charge >= 0.3 is 6.36 Å². The summed E-state index contributed by atoms with van der Waals surface area (Å²) in [7, 11) is 0. The number of benzene rings is 1. The van der Waals surface area contributed by atoms with Crippen molar-refractivity contribution < 1.29 is 22.7 Å². The fourth-order valence-corrected chi connectivity index (χ4v) is 3.06. The lowest BCUT2D eigenvalue weighted by atomic mass is 10.2. The Morgan fingerprint density at radius 1 is 1.24 bits per heavy atom. The van der Waals surface area contributed by atoms with Crippen molar-refractivity contribution in [3.63, 3.8) is 0 Å². The number of hydrogen-bond acceptors (Lipinski definition) is 6. The third kappa shape index (κ3) is 5.57. The van der Waals surface area contributed by atoms with E-state index in [1.165, 1.54) is 18.3 Å². The number of carbonyl (C=O) groups is 1. The lowest BCUT2D eigenvalue weighted by molar-refractivity contribution is -0.274. The Kier molecular flexibility index (Phi) is 6.21. The zero-order chi connectivity index (χ0) is 21.0. The summed E-state index contributed by atoms with van der Waals surface area (Å²) in [6, 6.07) is 5.09. The number of amides is 1. The maximum absolute atomic E-state index is 12.5. The topological polar surface area (TPSA) is 70.6 Å². The molecule has 1 aliphatic rings. The molecule has 0 unspecified atom stereocenters. The molecule has 1 N–H and O–H groups in total. The minimum atomic E-state index is -4.80. The molecular weight excluding hydrogens is 387 g/mol. The molecular formula is C19H22F3N5O2. The maximum Gasteiger partial charge on any atom is 0.573 e. The Morgan fingerprint density at radius 3 is 2.59 bits per heavy atom. The van der Waals surface area contributed by atoms with Crippen molar-refractivity contribution in [2.45, 2.75) is 20.2 Å². The fourth-order valence-electron chi connectivity index (χ4n) is 3.06. The van der Waals surface area contributed by atoms with Gasteiger partial charge in [0.05, 0.1) is 11.3 Å². The van der Waals surface area contributed by atoms with E-state index in [1.807, 2.05) is 0 Å². The number of piperazine rings is 1. The van der Waals surface area contributed by atoms with Crippen LogP contribution in [0.4, 0.5) is 24.8 Å². The van der Waals surface area contributed by atoms with Crippen LogP contribution in [0.15, 0.2) is 30.5 Å². The summed E-state index contributed by atoms with van der Waals surface area (Å²) in [5, 5.41) is 2.55. The van der Waals surface area contributed by atoms with Crippen molar-refractivity contribution in [2.24, 2.45) is 0 Å². The Balaban J connectivity index is 1.68. The molecule has 1 amide bonds. The summed E-state index contributed by atoms with van der Waals surface area (Å²) in [6.07, 6.45) is -3.36. The van der Waals surface area contributed by atoms with Crippen LogP contribution in [0.25, 0.3) is 0 Å². The minimum absolute atomic E-state index is 0.177. The van der Waals surface area contributed by atoms with Gasteiger partial charge in [-0.1, -0.05) is 13.0 Å². The lowest BCUT2D eigenvalue weighted by Gasteiger charge is -2.34. The predicted octanol–water partition coefficient (Wildman–Crippen LogP) is 3.08. The highest BCUT2D eigenvalue weighted by Crippen LogP contribution is 2.25. The highest BCUT2D eigenvalue weighted by Gasteiger charge is 2.31. The van der Waals surface area contributed by atoms with E-state index in [0.29, 0.717) is 11.6 Å². The number of anilines is 2. The van der Waals surface area contributed by atoms with Crippen molar-refractivity contribution in [3.8, 4) is 5.75 Å². The average molecular weight is 409 g/mol. The lowest BCUT2D eigenvalue weighted by Crippen LogP contribution is -2.46. The van der Waals surface area contributed by atoms with Crippen LogP contribution < -0.4 is 15.0 Å². The first-order chi connectivity index (χ1) is 13.7. The normalized spacial score (nSPS) is 15.3. The monoisotopic (exact) mass is 409 g/mol. The Hall–Kier alpha value is -2.88. The number of aromatic nitrogens is 2. The van der Waals surface area contributed by atoms with Crippen LogP contribution in [0.3, 0.4) is 0 Å². The molecule has 2 heterocycles. The number of halogens is 3. The van der Waals surface area contributed by atoms with Crippen LogP contribution in [0.2, 0.25) is 0 Å². The SMILES string of the molecule is CCN1CCN(c2ncc(C(=O)Nc3cccc(OC(F)(F)F)c3)c(C)n2)CC1. The number of carbonyl (C=O) groups excluding carboxylic acids is 1. The third-order valence-electron chi connectivity index (χ3n) is 4.64. The molecule has 1 aliphatic heterocycles. The second kappa shape index (κ2) is 8.64. The van der Waals surface area contributed by atoms with Gasteiger partial charge < -0.3 is 19.9 Å². The molecule has 0 aliphatic carbocycles. The van der Waals surface area contributed by atoms with Crippen molar-refractivity contribution in [2.75, 3.05) is 42.9 Å². The molecule has 156 valence electrons. The number of rotatable bonds is 5. The summed E-state index contributed by atoms with van der Waals surface area (Å²) in [6.45, 7) is 8.30. The van der Waals surface area contributed by atoms with E-state index in [2.05, 4.69) is 36.7 Å². The van der Waals surface area contributed by atoms with Gasteiger partial charge in [-0.25, -0.2) is 9.97 Å². The number of nitrogens with zero attached hydrogens (tertiary/aromatic N) is 4. The summed E-state index contributed by atoms with van der Waals surface area (Å²) in [5.74, 6) is -0.353. The minimum Gasteiger partial charge on any atom is -0.406 e. The predicted molar refractivity (Wildman–Crippen MR) is 102 cm³/mol. The molecule has 7 nitrogen and oxygen atoms in total. The van der Waals surface area contributed by atoms with E-state index < -0.39 is 18.0 Å². The molecule has 1 aromatic carbocycles.